The topological polar surface area (TPSA) is 65.0 Å². The van der Waals surface area contributed by atoms with Gasteiger partial charge in [-0.3, -0.25) is 9.69 Å². The van der Waals surface area contributed by atoms with Crippen LogP contribution in [0.4, 0.5) is 4.39 Å². The smallest absolute Gasteiger partial charge is 0.258 e. The van der Waals surface area contributed by atoms with Gasteiger partial charge in [0, 0.05) is 38.3 Å². The summed E-state index contributed by atoms with van der Waals surface area (Å²) in [6.07, 6.45) is 0. The van der Waals surface area contributed by atoms with E-state index in [2.05, 4.69) is 28.2 Å². The van der Waals surface area contributed by atoms with Gasteiger partial charge in [-0.1, -0.05) is 18.2 Å². The third kappa shape index (κ3) is 6.75. The number of piperazine rings is 1. The number of aliphatic hydroxyl groups is 1. The number of carbonyl (C=O) groups is 1. The molecule has 1 amide bonds. The number of likely N-dealkylation sites (N-methyl/N-ethyl adjacent to an activating group) is 1. The minimum absolute atomic E-state index is 0.130. The number of ether oxygens (including phenoxy) is 1. The fourth-order valence-corrected chi connectivity index (χ4v) is 3.51. The lowest BCUT2D eigenvalue weighted by atomic mass is 10.0. The van der Waals surface area contributed by atoms with Gasteiger partial charge in [-0.15, -0.1) is 0 Å². The molecule has 3 rings (SSSR count). The van der Waals surface area contributed by atoms with Crippen molar-refractivity contribution in [1.82, 2.24) is 15.1 Å². The molecule has 7 heteroatoms. The molecule has 2 N–H and O–H groups in total. The number of carbonyl (C=O) groups excluding carboxylic acids is 1. The lowest BCUT2D eigenvalue weighted by Gasteiger charge is -2.32. The Hall–Kier alpha value is -2.48. The summed E-state index contributed by atoms with van der Waals surface area (Å²) in [5, 5.41) is 12.1. The van der Waals surface area contributed by atoms with Crippen molar-refractivity contribution < 1.29 is 19.0 Å². The van der Waals surface area contributed by atoms with Gasteiger partial charge < -0.3 is 20.1 Å². The van der Waals surface area contributed by atoms with Crippen LogP contribution in [0, 0.1) is 5.82 Å². The highest BCUT2D eigenvalue weighted by molar-refractivity contribution is 5.78. The summed E-state index contributed by atoms with van der Waals surface area (Å²) in [4.78, 5) is 16.9. The minimum Gasteiger partial charge on any atom is -0.483 e. The van der Waals surface area contributed by atoms with Crippen LogP contribution in [0.15, 0.2) is 42.5 Å². The predicted octanol–water partition coefficient (Wildman–Crippen LogP) is 2.51. The Morgan fingerprint density at radius 3 is 2.39 bits per heavy atom. The molecule has 31 heavy (non-hydrogen) atoms. The Morgan fingerprint density at radius 1 is 1.10 bits per heavy atom. The van der Waals surface area contributed by atoms with Crippen molar-refractivity contribution in [2.75, 3.05) is 46.4 Å². The number of rotatable bonds is 8. The van der Waals surface area contributed by atoms with Crippen molar-refractivity contribution >= 4 is 5.91 Å². The molecule has 1 fully saturated rings. The van der Waals surface area contributed by atoms with Gasteiger partial charge in [0.25, 0.3) is 5.91 Å². The molecular formula is C24H32FN3O3. The van der Waals surface area contributed by atoms with Crippen molar-refractivity contribution in [3.8, 4) is 16.9 Å². The van der Waals surface area contributed by atoms with Gasteiger partial charge >= 0.3 is 0 Å². The van der Waals surface area contributed by atoms with E-state index in [9.17, 15) is 14.3 Å². The van der Waals surface area contributed by atoms with E-state index in [4.69, 9.17) is 4.74 Å². The maximum atomic E-state index is 13.3. The molecule has 0 aliphatic carbocycles. The normalized spacial score (nSPS) is 15.6. The molecule has 1 aliphatic heterocycles. The van der Waals surface area contributed by atoms with Crippen LogP contribution in [0.3, 0.4) is 0 Å². The van der Waals surface area contributed by atoms with Crippen LogP contribution < -0.4 is 10.1 Å². The zero-order valence-corrected chi connectivity index (χ0v) is 18.5. The first-order valence-corrected chi connectivity index (χ1v) is 10.6. The summed E-state index contributed by atoms with van der Waals surface area (Å²) < 4.78 is 19.2. The van der Waals surface area contributed by atoms with Crippen LogP contribution in [0.2, 0.25) is 0 Å². The Bertz CT molecular complexity index is 878. The van der Waals surface area contributed by atoms with E-state index in [0.717, 1.165) is 42.9 Å². The Morgan fingerprint density at radius 2 is 1.74 bits per heavy atom. The third-order valence-electron chi connectivity index (χ3n) is 5.46. The molecule has 168 valence electrons. The highest BCUT2D eigenvalue weighted by atomic mass is 19.1. The summed E-state index contributed by atoms with van der Waals surface area (Å²) in [7, 11) is 2.12. The second-order valence-corrected chi connectivity index (χ2v) is 8.79. The van der Waals surface area contributed by atoms with Crippen molar-refractivity contribution in [3.63, 3.8) is 0 Å². The molecule has 0 aromatic heterocycles. The second-order valence-electron chi connectivity index (χ2n) is 8.79. The largest absolute Gasteiger partial charge is 0.483 e. The number of nitrogens with one attached hydrogen (secondary N) is 1. The second kappa shape index (κ2) is 10.2. The fraction of sp³-hybridized carbons (Fsp3) is 0.458. The predicted molar refractivity (Wildman–Crippen MR) is 119 cm³/mol. The monoisotopic (exact) mass is 429 g/mol. The molecular weight excluding hydrogens is 397 g/mol. The zero-order chi connectivity index (χ0) is 22.4. The number of amides is 1. The first-order valence-electron chi connectivity index (χ1n) is 10.6. The van der Waals surface area contributed by atoms with Gasteiger partial charge in [0.2, 0.25) is 0 Å². The van der Waals surface area contributed by atoms with E-state index in [-0.39, 0.29) is 24.9 Å². The Kier molecular flexibility index (Phi) is 7.64. The van der Waals surface area contributed by atoms with Crippen LogP contribution in [0.1, 0.15) is 19.4 Å². The van der Waals surface area contributed by atoms with Crippen molar-refractivity contribution in [1.29, 1.82) is 0 Å². The quantitative estimate of drug-likeness (QED) is 0.675. The highest BCUT2D eigenvalue weighted by Crippen LogP contribution is 2.28. The van der Waals surface area contributed by atoms with E-state index >= 15 is 0 Å². The highest BCUT2D eigenvalue weighted by Gasteiger charge is 2.20. The van der Waals surface area contributed by atoms with E-state index in [0.29, 0.717) is 12.3 Å². The standard InChI is InChI=1S/C24H32FN3O3/c1-24(2,17-29)26-23(30)16-31-22-9-6-19(18-4-7-21(25)8-5-18)14-20(22)15-28-12-10-27(3)11-13-28/h4-9,14,29H,10-13,15-17H2,1-3H3,(H,26,30). The first-order chi connectivity index (χ1) is 14.8. The summed E-state index contributed by atoms with van der Waals surface area (Å²) in [5.41, 5.74) is 2.19. The lowest BCUT2D eigenvalue weighted by molar-refractivity contribution is -0.125. The SMILES string of the molecule is CN1CCN(Cc2cc(-c3ccc(F)cc3)ccc2OCC(=O)NC(C)(C)CO)CC1. The molecule has 0 bridgehead atoms. The molecule has 1 heterocycles. The minimum atomic E-state index is -0.699. The number of benzene rings is 2. The van der Waals surface area contributed by atoms with E-state index in [1.807, 2.05) is 12.1 Å². The average Bonchev–Trinajstić information content (AvgIpc) is 2.74. The van der Waals surface area contributed by atoms with Crippen molar-refractivity contribution in [2.45, 2.75) is 25.9 Å². The van der Waals surface area contributed by atoms with Crippen LogP contribution in [-0.4, -0.2) is 72.8 Å². The van der Waals surface area contributed by atoms with Crippen LogP contribution in [0.25, 0.3) is 11.1 Å². The molecule has 0 atom stereocenters. The summed E-state index contributed by atoms with van der Waals surface area (Å²) in [6.45, 7) is 7.86. The molecule has 0 spiro atoms. The summed E-state index contributed by atoms with van der Waals surface area (Å²) >= 11 is 0. The van der Waals surface area contributed by atoms with E-state index in [1.165, 1.54) is 12.1 Å². The van der Waals surface area contributed by atoms with Gasteiger partial charge in [0.05, 0.1) is 12.1 Å². The van der Waals surface area contributed by atoms with Crippen molar-refractivity contribution in [3.05, 3.63) is 53.8 Å². The zero-order valence-electron chi connectivity index (χ0n) is 18.5. The van der Waals surface area contributed by atoms with Crippen LogP contribution >= 0.6 is 0 Å². The maximum Gasteiger partial charge on any atom is 0.258 e. The average molecular weight is 430 g/mol. The van der Waals surface area contributed by atoms with Crippen LogP contribution in [0.5, 0.6) is 5.75 Å². The number of nitrogens with zero attached hydrogens (tertiary/aromatic N) is 2. The number of hydrogen-bond donors (Lipinski definition) is 2. The molecule has 1 aliphatic rings. The van der Waals surface area contributed by atoms with E-state index in [1.54, 1.807) is 26.0 Å². The number of aliphatic hydroxyl groups excluding tert-OH is 1. The lowest BCUT2D eigenvalue weighted by Crippen LogP contribution is -2.48. The maximum absolute atomic E-state index is 13.3. The van der Waals surface area contributed by atoms with Crippen molar-refractivity contribution in [2.24, 2.45) is 0 Å². The van der Waals surface area contributed by atoms with E-state index < -0.39 is 5.54 Å². The fourth-order valence-electron chi connectivity index (χ4n) is 3.51. The Labute approximate surface area is 183 Å². The summed E-state index contributed by atoms with van der Waals surface area (Å²) in [6, 6.07) is 12.3. The van der Waals surface area contributed by atoms with Gasteiger partial charge in [0.15, 0.2) is 6.61 Å². The number of halogens is 1. The van der Waals surface area contributed by atoms with Gasteiger partial charge in [-0.05, 0) is 56.3 Å². The van der Waals surface area contributed by atoms with Gasteiger partial charge in [-0.25, -0.2) is 4.39 Å². The Balaban J connectivity index is 1.78. The van der Waals surface area contributed by atoms with Crippen LogP contribution in [-0.2, 0) is 11.3 Å². The molecule has 2 aromatic carbocycles. The molecule has 0 saturated carbocycles. The molecule has 6 nitrogen and oxygen atoms in total. The molecule has 2 aromatic rings. The third-order valence-corrected chi connectivity index (χ3v) is 5.46. The molecule has 1 saturated heterocycles. The first kappa shape index (κ1) is 23.2. The molecule has 0 radical (unpaired) electrons. The van der Waals surface area contributed by atoms with Gasteiger partial charge in [0.1, 0.15) is 11.6 Å². The van der Waals surface area contributed by atoms with Gasteiger partial charge in [-0.2, -0.15) is 0 Å². The number of hydrogen-bond acceptors (Lipinski definition) is 5. The summed E-state index contributed by atoms with van der Waals surface area (Å²) in [5.74, 6) is 0.104. The molecule has 0 unspecified atom stereocenters.